The van der Waals surface area contributed by atoms with E-state index in [9.17, 15) is 4.79 Å². The number of nitrogens with zero attached hydrogens (tertiary/aromatic N) is 2. The third kappa shape index (κ3) is 6.19. The number of hydrogen-bond donors (Lipinski definition) is 0. The van der Waals surface area contributed by atoms with Crippen molar-refractivity contribution < 1.29 is 14.3 Å². The highest BCUT2D eigenvalue weighted by Gasteiger charge is 2.23. The largest absolute Gasteiger partial charge is 0.462 e. The van der Waals surface area contributed by atoms with Gasteiger partial charge in [0, 0.05) is 31.4 Å². The van der Waals surface area contributed by atoms with Gasteiger partial charge in [-0.3, -0.25) is 0 Å². The van der Waals surface area contributed by atoms with Crippen molar-refractivity contribution >= 4 is 14.0 Å². The lowest BCUT2D eigenvalue weighted by Crippen LogP contribution is -2.22. The van der Waals surface area contributed by atoms with Gasteiger partial charge in [-0.1, -0.05) is 92.4 Å². The molecule has 0 saturated carbocycles. The summed E-state index contributed by atoms with van der Waals surface area (Å²) in [6.07, 6.45) is 0. The van der Waals surface area contributed by atoms with E-state index in [4.69, 9.17) is 14.6 Å². The molecule has 0 spiro atoms. The van der Waals surface area contributed by atoms with E-state index in [1.165, 1.54) is 0 Å². The summed E-state index contributed by atoms with van der Waals surface area (Å²) in [5.74, 6) is -0.332. The smallest absolute Gasteiger partial charge is 0.338 e. The number of ether oxygens (including phenoxy) is 2. The highest BCUT2D eigenvalue weighted by Crippen LogP contribution is 2.40. The summed E-state index contributed by atoms with van der Waals surface area (Å²) < 4.78 is 13.4. The molecule has 4 aromatic rings. The summed E-state index contributed by atoms with van der Waals surface area (Å²) in [6.45, 7) is 10.2. The Bertz CT molecular complexity index is 1300. The fraction of sp³-hybridized carbons (Fsp3) is 0.267. The van der Waals surface area contributed by atoms with Gasteiger partial charge >= 0.3 is 5.97 Å². The quantitative estimate of drug-likeness (QED) is 0.130. The molecular formula is C30H34N2O3Si. The number of carbonyl (C=O) groups excluding carboxylic acids is 1. The normalized spacial score (nSPS) is 11.4. The molecule has 0 amide bonds. The second-order valence-electron chi connectivity index (χ2n) is 9.95. The first-order chi connectivity index (χ1) is 17.4. The summed E-state index contributed by atoms with van der Waals surface area (Å²) >= 11 is 0. The summed E-state index contributed by atoms with van der Waals surface area (Å²) in [7, 11) is -1.22. The molecule has 0 aliphatic heterocycles. The van der Waals surface area contributed by atoms with Crippen molar-refractivity contribution in [2.24, 2.45) is 0 Å². The SMILES string of the molecule is CCOC(=O)c1cccc(-c2c(-c3ccccc3)c(-c3ccccc3)nn2COCC[Si](C)(C)C)c1. The second kappa shape index (κ2) is 11.5. The van der Waals surface area contributed by atoms with Crippen molar-refractivity contribution in [2.45, 2.75) is 39.3 Å². The third-order valence-electron chi connectivity index (χ3n) is 5.92. The molecule has 0 unspecified atom stereocenters. The Labute approximate surface area is 214 Å². The summed E-state index contributed by atoms with van der Waals surface area (Å²) in [5.41, 5.74) is 6.30. The van der Waals surface area contributed by atoms with E-state index >= 15 is 0 Å². The Balaban J connectivity index is 1.87. The summed E-state index contributed by atoms with van der Waals surface area (Å²) in [5, 5.41) is 5.06. The van der Waals surface area contributed by atoms with Crippen LogP contribution in [-0.2, 0) is 16.2 Å². The molecule has 0 bridgehead atoms. The fourth-order valence-corrected chi connectivity index (χ4v) is 4.82. The van der Waals surface area contributed by atoms with E-state index in [-0.39, 0.29) is 5.97 Å². The zero-order valence-electron chi connectivity index (χ0n) is 21.5. The van der Waals surface area contributed by atoms with Gasteiger partial charge in [-0.2, -0.15) is 5.10 Å². The number of hydrogen-bond acceptors (Lipinski definition) is 4. The number of rotatable bonds is 10. The number of esters is 1. The van der Waals surface area contributed by atoms with Crippen LogP contribution in [0, 0.1) is 0 Å². The first-order valence-electron chi connectivity index (χ1n) is 12.4. The van der Waals surface area contributed by atoms with E-state index in [1.54, 1.807) is 6.07 Å². The Morgan fingerprint density at radius 2 is 1.50 bits per heavy atom. The second-order valence-corrected chi connectivity index (χ2v) is 15.6. The van der Waals surface area contributed by atoms with Gasteiger partial charge < -0.3 is 9.47 Å². The lowest BCUT2D eigenvalue weighted by molar-refractivity contribution is 0.0526. The fourth-order valence-electron chi connectivity index (χ4n) is 4.06. The predicted molar refractivity (Wildman–Crippen MR) is 149 cm³/mol. The van der Waals surface area contributed by atoms with E-state index < -0.39 is 8.07 Å². The average molecular weight is 499 g/mol. The molecule has 1 heterocycles. The Morgan fingerprint density at radius 1 is 0.861 bits per heavy atom. The molecule has 3 aromatic carbocycles. The van der Waals surface area contributed by atoms with E-state index in [0.29, 0.717) is 25.5 Å². The van der Waals surface area contributed by atoms with Crippen LogP contribution < -0.4 is 0 Å². The molecule has 5 nitrogen and oxygen atoms in total. The van der Waals surface area contributed by atoms with Gasteiger partial charge in [0.05, 0.1) is 17.9 Å². The molecule has 0 saturated heterocycles. The van der Waals surface area contributed by atoms with Gasteiger partial charge in [0.25, 0.3) is 0 Å². The molecule has 186 valence electrons. The Morgan fingerprint density at radius 3 is 2.14 bits per heavy atom. The van der Waals surface area contributed by atoms with Crippen LogP contribution in [0.15, 0.2) is 84.9 Å². The van der Waals surface area contributed by atoms with Crippen molar-refractivity contribution in [1.29, 1.82) is 0 Å². The molecule has 0 aliphatic rings. The Hall–Kier alpha value is -3.48. The molecule has 0 aliphatic carbocycles. The van der Waals surface area contributed by atoms with Crippen molar-refractivity contribution in [3.8, 4) is 33.6 Å². The van der Waals surface area contributed by atoms with Crippen LogP contribution >= 0.6 is 0 Å². The topological polar surface area (TPSA) is 53.3 Å². The molecule has 6 heteroatoms. The molecule has 0 N–H and O–H groups in total. The van der Waals surface area contributed by atoms with Gasteiger partial charge in [-0.05, 0) is 30.7 Å². The van der Waals surface area contributed by atoms with E-state index in [1.807, 2.05) is 66.2 Å². The molecule has 0 radical (unpaired) electrons. The van der Waals surface area contributed by atoms with Crippen molar-refractivity contribution in [2.75, 3.05) is 13.2 Å². The minimum Gasteiger partial charge on any atom is -0.462 e. The standard InChI is InChI=1S/C30H34N2O3Si/c1-5-35-30(33)26-18-12-17-25(21-26)29-27(23-13-8-6-9-14-23)28(24-15-10-7-11-16-24)31-32(29)22-34-19-20-36(2,3)4/h6-18,21H,5,19-20,22H2,1-4H3. The number of aromatic nitrogens is 2. The highest BCUT2D eigenvalue weighted by molar-refractivity contribution is 6.76. The Kier molecular flexibility index (Phi) is 8.18. The minimum absolute atomic E-state index is 0.329. The maximum Gasteiger partial charge on any atom is 0.338 e. The number of benzene rings is 3. The third-order valence-corrected chi connectivity index (χ3v) is 7.62. The van der Waals surface area contributed by atoms with E-state index in [0.717, 1.165) is 39.7 Å². The summed E-state index contributed by atoms with van der Waals surface area (Å²) in [4.78, 5) is 12.5. The molecule has 0 atom stereocenters. The highest BCUT2D eigenvalue weighted by atomic mass is 28.3. The lowest BCUT2D eigenvalue weighted by Gasteiger charge is -2.16. The van der Waals surface area contributed by atoms with Crippen molar-refractivity contribution in [3.05, 3.63) is 90.5 Å². The molecular weight excluding hydrogens is 464 g/mol. The number of carbonyl (C=O) groups is 1. The van der Waals surface area contributed by atoms with E-state index in [2.05, 4.69) is 43.9 Å². The van der Waals surface area contributed by atoms with Crippen LogP contribution in [0.5, 0.6) is 0 Å². The predicted octanol–water partition coefficient (Wildman–Crippen LogP) is 7.37. The first-order valence-corrected chi connectivity index (χ1v) is 16.1. The van der Waals surface area contributed by atoms with Crippen molar-refractivity contribution in [1.82, 2.24) is 9.78 Å². The maximum absolute atomic E-state index is 12.5. The molecule has 1 aromatic heterocycles. The van der Waals surface area contributed by atoms with Crippen LogP contribution in [0.25, 0.3) is 33.6 Å². The minimum atomic E-state index is -1.22. The average Bonchev–Trinajstić information content (AvgIpc) is 3.27. The molecule has 4 rings (SSSR count). The maximum atomic E-state index is 12.5. The van der Waals surface area contributed by atoms with Crippen LogP contribution in [0.4, 0.5) is 0 Å². The van der Waals surface area contributed by atoms with Gasteiger partial charge in [-0.25, -0.2) is 9.48 Å². The van der Waals surface area contributed by atoms with Crippen LogP contribution in [0.1, 0.15) is 17.3 Å². The zero-order chi connectivity index (χ0) is 25.5. The van der Waals surface area contributed by atoms with Gasteiger partial charge in [0.2, 0.25) is 0 Å². The van der Waals surface area contributed by atoms with Crippen LogP contribution in [-0.4, -0.2) is 37.0 Å². The van der Waals surface area contributed by atoms with Crippen molar-refractivity contribution in [3.63, 3.8) is 0 Å². The summed E-state index contributed by atoms with van der Waals surface area (Å²) in [6, 6.07) is 29.1. The zero-order valence-corrected chi connectivity index (χ0v) is 22.5. The monoisotopic (exact) mass is 498 g/mol. The van der Waals surface area contributed by atoms with Gasteiger partial charge in [0.1, 0.15) is 12.4 Å². The van der Waals surface area contributed by atoms with Gasteiger partial charge in [0.15, 0.2) is 0 Å². The van der Waals surface area contributed by atoms with Crippen LogP contribution in [0.3, 0.4) is 0 Å². The van der Waals surface area contributed by atoms with Crippen LogP contribution in [0.2, 0.25) is 25.7 Å². The first kappa shape index (κ1) is 25.6. The van der Waals surface area contributed by atoms with Gasteiger partial charge in [-0.15, -0.1) is 0 Å². The molecule has 0 fully saturated rings. The molecule has 36 heavy (non-hydrogen) atoms. The lowest BCUT2D eigenvalue weighted by atomic mass is 9.95.